The van der Waals surface area contributed by atoms with E-state index in [0.717, 1.165) is 17.1 Å². The van der Waals surface area contributed by atoms with E-state index < -0.39 is 0 Å². The lowest BCUT2D eigenvalue weighted by molar-refractivity contribution is 0.660. The molecule has 11 aromatic rings. The van der Waals surface area contributed by atoms with E-state index in [-0.39, 0.29) is 5.41 Å². The quantitative estimate of drug-likeness (QED) is 0.152. The third-order valence-electron chi connectivity index (χ3n) is 13.4. The van der Waals surface area contributed by atoms with E-state index in [4.69, 9.17) is 0 Å². The normalized spacial score (nSPS) is 12.8. The molecule has 1 aliphatic carbocycles. The maximum atomic E-state index is 2.43. The van der Waals surface area contributed by atoms with Crippen molar-refractivity contribution in [2.75, 3.05) is 4.90 Å². The summed E-state index contributed by atoms with van der Waals surface area (Å²) < 4.78 is 0. The zero-order chi connectivity index (χ0) is 41.4. The van der Waals surface area contributed by atoms with Crippen molar-refractivity contribution in [2.24, 2.45) is 0 Å². The monoisotopic (exact) mass is 789 g/mol. The smallest absolute Gasteiger partial charge is 0.0467 e. The van der Waals surface area contributed by atoms with Gasteiger partial charge in [-0.15, -0.1) is 0 Å². The molecule has 1 heteroatoms. The van der Waals surface area contributed by atoms with Gasteiger partial charge in [0.1, 0.15) is 0 Å². The highest BCUT2D eigenvalue weighted by Crippen LogP contribution is 2.51. The summed E-state index contributed by atoms with van der Waals surface area (Å²) in [7, 11) is 0. The molecule has 0 fully saturated rings. The van der Waals surface area contributed by atoms with E-state index in [2.05, 4.69) is 243 Å². The van der Waals surface area contributed by atoms with E-state index in [0.29, 0.717) is 0 Å². The second-order valence-corrected chi connectivity index (χ2v) is 17.3. The molecule has 62 heavy (non-hydrogen) atoms. The Hall–Kier alpha value is -7.74. The highest BCUT2D eigenvalue weighted by Gasteiger charge is 2.35. The Morgan fingerprint density at radius 3 is 1.55 bits per heavy atom. The molecule has 0 unspecified atom stereocenters. The van der Waals surface area contributed by atoms with Crippen molar-refractivity contribution in [3.63, 3.8) is 0 Å². The van der Waals surface area contributed by atoms with Gasteiger partial charge in [0.15, 0.2) is 0 Å². The molecule has 0 N–H and O–H groups in total. The maximum absolute atomic E-state index is 2.43. The molecule has 0 aliphatic heterocycles. The van der Waals surface area contributed by atoms with Crippen LogP contribution in [0.3, 0.4) is 0 Å². The van der Waals surface area contributed by atoms with Crippen LogP contribution in [0.1, 0.15) is 25.0 Å². The Morgan fingerprint density at radius 2 is 0.774 bits per heavy atom. The lowest BCUT2D eigenvalue weighted by atomic mass is 9.82. The van der Waals surface area contributed by atoms with E-state index in [9.17, 15) is 0 Å². The lowest BCUT2D eigenvalue weighted by Crippen LogP contribution is -2.16. The second-order valence-electron chi connectivity index (χ2n) is 17.3. The summed E-state index contributed by atoms with van der Waals surface area (Å²) in [6.45, 7) is 4.72. The molecule has 0 spiro atoms. The van der Waals surface area contributed by atoms with Gasteiger partial charge < -0.3 is 4.90 Å². The first-order chi connectivity index (χ1) is 30.5. The van der Waals surface area contributed by atoms with Gasteiger partial charge in [0.05, 0.1) is 0 Å². The van der Waals surface area contributed by atoms with Crippen LogP contribution in [0, 0.1) is 0 Å². The van der Waals surface area contributed by atoms with E-state index >= 15 is 0 Å². The molecule has 0 atom stereocenters. The van der Waals surface area contributed by atoms with Crippen LogP contribution >= 0.6 is 0 Å². The van der Waals surface area contributed by atoms with Gasteiger partial charge in [0.25, 0.3) is 0 Å². The van der Waals surface area contributed by atoms with Crippen molar-refractivity contribution in [3.8, 4) is 44.5 Å². The van der Waals surface area contributed by atoms with E-state index in [1.165, 1.54) is 98.7 Å². The van der Waals surface area contributed by atoms with Crippen LogP contribution in [0.25, 0.3) is 87.6 Å². The number of hydrogen-bond donors (Lipinski definition) is 0. The zero-order valence-corrected chi connectivity index (χ0v) is 34.8. The average molecular weight is 790 g/mol. The van der Waals surface area contributed by atoms with Crippen LogP contribution in [0.4, 0.5) is 17.1 Å². The van der Waals surface area contributed by atoms with Crippen LogP contribution in [0.2, 0.25) is 0 Å². The fourth-order valence-corrected chi connectivity index (χ4v) is 10.3. The van der Waals surface area contributed by atoms with Gasteiger partial charge in [0.2, 0.25) is 0 Å². The van der Waals surface area contributed by atoms with Crippen molar-refractivity contribution in [3.05, 3.63) is 236 Å². The predicted octanol–water partition coefficient (Wildman–Crippen LogP) is 17.1. The summed E-state index contributed by atoms with van der Waals surface area (Å²) in [5.41, 5.74) is 15.9. The highest BCUT2D eigenvalue weighted by atomic mass is 15.1. The summed E-state index contributed by atoms with van der Waals surface area (Å²) in [5.74, 6) is 0. The average Bonchev–Trinajstić information content (AvgIpc) is 3.57. The summed E-state index contributed by atoms with van der Waals surface area (Å²) in [6, 6.07) is 83.0. The topological polar surface area (TPSA) is 3.24 Å². The molecule has 0 saturated carbocycles. The molecule has 1 aliphatic rings. The van der Waals surface area contributed by atoms with Crippen molar-refractivity contribution in [1.29, 1.82) is 0 Å². The number of fused-ring (bicyclic) bond motifs is 10. The predicted molar refractivity (Wildman–Crippen MR) is 265 cm³/mol. The largest absolute Gasteiger partial charge is 0.310 e. The van der Waals surface area contributed by atoms with E-state index in [1.807, 2.05) is 0 Å². The van der Waals surface area contributed by atoms with Crippen LogP contribution in [-0.2, 0) is 5.41 Å². The molecule has 0 heterocycles. The van der Waals surface area contributed by atoms with Crippen LogP contribution < -0.4 is 4.90 Å². The first-order valence-electron chi connectivity index (χ1n) is 21.7. The number of nitrogens with zero attached hydrogens (tertiary/aromatic N) is 1. The molecule has 12 rings (SSSR count). The molecule has 1 nitrogen and oxygen atoms in total. The Kier molecular flexibility index (Phi) is 8.27. The van der Waals surface area contributed by atoms with Crippen molar-refractivity contribution in [2.45, 2.75) is 19.3 Å². The van der Waals surface area contributed by atoms with Gasteiger partial charge in [-0.2, -0.15) is 0 Å². The fraction of sp³-hybridized carbons (Fsp3) is 0.0492. The second kappa shape index (κ2) is 14.2. The van der Waals surface area contributed by atoms with Crippen LogP contribution in [0.5, 0.6) is 0 Å². The minimum Gasteiger partial charge on any atom is -0.310 e. The molecule has 0 bridgehead atoms. The third kappa shape index (κ3) is 5.77. The molecular weight excluding hydrogens is 747 g/mol. The van der Waals surface area contributed by atoms with Crippen LogP contribution in [0.15, 0.2) is 224 Å². The number of benzene rings is 11. The van der Waals surface area contributed by atoms with Gasteiger partial charge in [-0.1, -0.05) is 190 Å². The lowest BCUT2D eigenvalue weighted by Gasteiger charge is -2.28. The molecule has 292 valence electrons. The van der Waals surface area contributed by atoms with Crippen molar-refractivity contribution >= 4 is 60.2 Å². The zero-order valence-electron chi connectivity index (χ0n) is 34.8. The van der Waals surface area contributed by atoms with Gasteiger partial charge in [-0.25, -0.2) is 0 Å². The first kappa shape index (κ1) is 36.1. The SMILES string of the molecule is CC1(C)c2ccccc2-c2ccc(N(c3ccc(-c4ccc5c6ccccc6c6ccccc6c5c4)cc3)c3cccc(-c4cccc(-c5cccc6ccccc56)c4)c3)cc21. The fourth-order valence-electron chi connectivity index (χ4n) is 10.3. The minimum atomic E-state index is -0.118. The summed E-state index contributed by atoms with van der Waals surface area (Å²) in [6.07, 6.45) is 0. The molecule has 0 saturated heterocycles. The van der Waals surface area contributed by atoms with E-state index in [1.54, 1.807) is 0 Å². The summed E-state index contributed by atoms with van der Waals surface area (Å²) in [5, 5.41) is 10.3. The van der Waals surface area contributed by atoms with Gasteiger partial charge in [-0.3, -0.25) is 0 Å². The number of hydrogen-bond acceptors (Lipinski definition) is 1. The third-order valence-corrected chi connectivity index (χ3v) is 13.4. The molecule has 11 aromatic carbocycles. The first-order valence-corrected chi connectivity index (χ1v) is 21.7. The Balaban J connectivity index is 0.978. The standard InChI is InChI=1S/C61H43N/c1-61(2)59-27-10-9-25-56(59)57-35-33-48(39-60(57)61)62(47-19-12-17-43(37-47)42-16-11-18-45(36-42)50-26-13-15-41-14-3-4-20-49(41)50)46-31-28-40(29-32-46)44-30-34-55-53-23-6-5-21-51(53)52-22-7-8-24-54(52)58(55)38-44/h3-39H,1-2H3. The number of rotatable bonds is 6. The van der Waals surface area contributed by atoms with Gasteiger partial charge >= 0.3 is 0 Å². The molecule has 0 amide bonds. The van der Waals surface area contributed by atoms with Crippen molar-refractivity contribution in [1.82, 2.24) is 0 Å². The Morgan fingerprint density at radius 1 is 0.274 bits per heavy atom. The van der Waals surface area contributed by atoms with Crippen molar-refractivity contribution < 1.29 is 0 Å². The van der Waals surface area contributed by atoms with Gasteiger partial charge in [-0.05, 0) is 147 Å². The van der Waals surface area contributed by atoms with Crippen LogP contribution in [-0.4, -0.2) is 0 Å². The molecular formula is C61H43N. The highest BCUT2D eigenvalue weighted by molar-refractivity contribution is 6.25. The molecule has 0 aromatic heterocycles. The number of anilines is 3. The summed E-state index contributed by atoms with van der Waals surface area (Å²) >= 11 is 0. The minimum absolute atomic E-state index is 0.118. The molecule has 0 radical (unpaired) electrons. The maximum Gasteiger partial charge on any atom is 0.0467 e. The van der Waals surface area contributed by atoms with Gasteiger partial charge in [0, 0.05) is 22.5 Å². The Bertz CT molecular complexity index is 3510. The Labute approximate surface area is 362 Å². The summed E-state index contributed by atoms with van der Waals surface area (Å²) in [4.78, 5) is 2.43.